The number of benzodiazepines with no additional fused rings is 1. The summed E-state index contributed by atoms with van der Waals surface area (Å²) in [4.78, 5) is 42.7. The highest BCUT2D eigenvalue weighted by atomic mass is 35.5. The Morgan fingerprint density at radius 2 is 1.52 bits per heavy atom. The second kappa shape index (κ2) is 12.5. The van der Waals surface area contributed by atoms with Gasteiger partial charge in [0.25, 0.3) is 5.91 Å². The molecule has 0 fully saturated rings. The first-order valence-corrected chi connectivity index (χ1v) is 12.5. The maximum atomic E-state index is 13.2. The predicted octanol–water partition coefficient (Wildman–Crippen LogP) is 5.63. The first kappa shape index (κ1) is 31.2. The summed E-state index contributed by atoms with van der Waals surface area (Å²) < 4.78 is 77.6. The van der Waals surface area contributed by atoms with Crippen molar-refractivity contribution < 1.29 is 40.7 Å². The number of primary amides is 1. The molecule has 4 N–H and O–H groups in total. The van der Waals surface area contributed by atoms with Gasteiger partial charge < -0.3 is 16.4 Å². The molecule has 2 aromatic carbocycles. The largest absolute Gasteiger partial charge is 0.389 e. The SMILES string of the molecule is NC(=O)[C@H](CCC(F)(F)F)[C@H](CCC(F)(F)F)C(=O)N[C@H]1N=C(c2ccccc2)c2ccc(Cl)c(Cl)c2NC1=O. The van der Waals surface area contributed by atoms with Crippen LogP contribution in [0.5, 0.6) is 0 Å². The van der Waals surface area contributed by atoms with E-state index in [1.54, 1.807) is 30.3 Å². The molecule has 0 saturated heterocycles. The number of benzene rings is 2. The minimum absolute atomic E-state index is 0.0485. The number of rotatable bonds is 9. The zero-order valence-corrected chi connectivity index (χ0v) is 21.9. The van der Waals surface area contributed by atoms with Gasteiger partial charge in [0.15, 0.2) is 0 Å². The lowest BCUT2D eigenvalue weighted by molar-refractivity contribution is -0.152. The maximum absolute atomic E-state index is 13.2. The summed E-state index contributed by atoms with van der Waals surface area (Å²) in [5.74, 6) is -7.50. The van der Waals surface area contributed by atoms with Crippen LogP contribution in [0.25, 0.3) is 0 Å². The molecule has 0 aliphatic carbocycles. The molecule has 0 aromatic heterocycles. The Balaban J connectivity index is 2.01. The molecule has 0 spiro atoms. The predicted molar refractivity (Wildman–Crippen MR) is 136 cm³/mol. The van der Waals surface area contributed by atoms with Gasteiger partial charge in [-0.3, -0.25) is 14.4 Å². The summed E-state index contributed by atoms with van der Waals surface area (Å²) in [7, 11) is 0. The van der Waals surface area contributed by atoms with Crippen LogP contribution >= 0.6 is 23.2 Å². The van der Waals surface area contributed by atoms with E-state index in [0.29, 0.717) is 11.1 Å². The molecular weight excluding hydrogens is 589 g/mol. The van der Waals surface area contributed by atoms with Crippen molar-refractivity contribution in [2.75, 3.05) is 5.32 Å². The molecule has 0 saturated carbocycles. The molecule has 216 valence electrons. The Morgan fingerprint density at radius 3 is 2.08 bits per heavy atom. The van der Waals surface area contributed by atoms with Crippen LogP contribution in [0.2, 0.25) is 10.0 Å². The van der Waals surface area contributed by atoms with Crippen LogP contribution in [-0.2, 0) is 14.4 Å². The van der Waals surface area contributed by atoms with Crippen molar-refractivity contribution in [3.8, 4) is 0 Å². The van der Waals surface area contributed by atoms with Gasteiger partial charge in [0.05, 0.1) is 21.4 Å². The highest BCUT2D eigenvalue weighted by molar-refractivity contribution is 6.45. The van der Waals surface area contributed by atoms with Crippen LogP contribution in [-0.4, -0.2) is 42.0 Å². The smallest absolute Gasteiger partial charge is 0.369 e. The highest BCUT2D eigenvalue weighted by Gasteiger charge is 2.40. The van der Waals surface area contributed by atoms with Gasteiger partial charge in [-0.15, -0.1) is 0 Å². The van der Waals surface area contributed by atoms with Crippen LogP contribution in [0.15, 0.2) is 47.5 Å². The van der Waals surface area contributed by atoms with E-state index in [0.717, 1.165) is 0 Å². The minimum Gasteiger partial charge on any atom is -0.369 e. The van der Waals surface area contributed by atoms with E-state index in [4.69, 9.17) is 28.9 Å². The van der Waals surface area contributed by atoms with Gasteiger partial charge >= 0.3 is 12.4 Å². The summed E-state index contributed by atoms with van der Waals surface area (Å²) in [6.45, 7) is 0. The zero-order valence-electron chi connectivity index (χ0n) is 20.4. The quantitative estimate of drug-likeness (QED) is 0.320. The van der Waals surface area contributed by atoms with Crippen molar-refractivity contribution in [2.45, 2.75) is 44.2 Å². The Labute approximate surface area is 234 Å². The number of anilines is 1. The molecule has 1 aliphatic rings. The van der Waals surface area contributed by atoms with Crippen molar-refractivity contribution in [1.29, 1.82) is 0 Å². The van der Waals surface area contributed by atoms with Gasteiger partial charge in [0.1, 0.15) is 0 Å². The molecule has 3 rings (SSSR count). The van der Waals surface area contributed by atoms with Gasteiger partial charge in [-0.1, -0.05) is 53.5 Å². The molecule has 40 heavy (non-hydrogen) atoms. The van der Waals surface area contributed by atoms with Crippen LogP contribution < -0.4 is 16.4 Å². The number of amides is 3. The molecule has 2 aromatic rings. The normalized spacial score (nSPS) is 17.1. The van der Waals surface area contributed by atoms with E-state index < -0.39 is 73.8 Å². The Bertz CT molecular complexity index is 1300. The van der Waals surface area contributed by atoms with Gasteiger partial charge in [-0.05, 0) is 25.0 Å². The molecule has 7 nitrogen and oxygen atoms in total. The number of halogens is 8. The number of alkyl halides is 6. The standard InChI is InChI=1S/C25H22Cl2F6N4O3/c26-16-7-6-15-18(12-4-2-1-3-5-12)35-21(23(40)36-19(15)17(16)27)37-22(39)14(9-11-25(31,32)33)13(20(34)38)8-10-24(28,29)30/h1-7,13-14,21H,8-11H2,(H2,34,38)(H,36,40)(H,37,39)/t13-,14+,21-/m1/s1. The van der Waals surface area contributed by atoms with Gasteiger partial charge in [0.2, 0.25) is 18.0 Å². The number of aliphatic imine (C=N–C) groups is 1. The number of fused-ring (bicyclic) bond motifs is 1. The lowest BCUT2D eigenvalue weighted by Crippen LogP contribution is -2.48. The summed E-state index contributed by atoms with van der Waals surface area (Å²) >= 11 is 12.4. The number of carbonyl (C=O) groups excluding carboxylic acids is 3. The average Bonchev–Trinajstić information content (AvgIpc) is 2.99. The average molecular weight is 611 g/mol. The molecule has 3 atom stereocenters. The summed E-state index contributed by atoms with van der Waals surface area (Å²) in [6, 6.07) is 11.2. The van der Waals surface area contributed by atoms with E-state index in [-0.39, 0.29) is 21.4 Å². The molecule has 0 bridgehead atoms. The lowest BCUT2D eigenvalue weighted by Gasteiger charge is -2.26. The number of hydrogen-bond donors (Lipinski definition) is 3. The number of hydrogen-bond acceptors (Lipinski definition) is 4. The van der Waals surface area contributed by atoms with Crippen molar-refractivity contribution >= 4 is 52.3 Å². The lowest BCUT2D eigenvalue weighted by atomic mass is 9.83. The highest BCUT2D eigenvalue weighted by Crippen LogP contribution is 2.37. The third kappa shape index (κ3) is 8.10. The molecule has 1 aliphatic heterocycles. The maximum Gasteiger partial charge on any atom is 0.389 e. The minimum atomic E-state index is -4.79. The number of carbonyl (C=O) groups is 3. The molecule has 0 radical (unpaired) electrons. The molecule has 15 heteroatoms. The first-order valence-electron chi connectivity index (χ1n) is 11.7. The van der Waals surface area contributed by atoms with E-state index in [1.165, 1.54) is 12.1 Å². The van der Waals surface area contributed by atoms with Crippen LogP contribution in [0.1, 0.15) is 36.8 Å². The van der Waals surface area contributed by atoms with Gasteiger partial charge in [-0.25, -0.2) is 4.99 Å². The third-order valence-electron chi connectivity index (χ3n) is 6.10. The van der Waals surface area contributed by atoms with E-state index in [2.05, 4.69) is 15.6 Å². The fourth-order valence-corrected chi connectivity index (χ4v) is 4.55. The van der Waals surface area contributed by atoms with E-state index in [9.17, 15) is 40.7 Å². The molecule has 1 heterocycles. The Hall–Kier alpha value is -3.32. The van der Waals surface area contributed by atoms with Crippen molar-refractivity contribution in [1.82, 2.24) is 5.32 Å². The third-order valence-corrected chi connectivity index (χ3v) is 6.90. The second-order valence-electron chi connectivity index (χ2n) is 8.95. The van der Waals surface area contributed by atoms with E-state index in [1.807, 2.05) is 0 Å². The van der Waals surface area contributed by atoms with Crippen molar-refractivity contribution in [2.24, 2.45) is 22.6 Å². The summed E-state index contributed by atoms with van der Waals surface area (Å²) in [6.07, 6.45) is -16.5. The first-order chi connectivity index (χ1) is 18.6. The zero-order chi connectivity index (χ0) is 29.8. The van der Waals surface area contributed by atoms with Gasteiger partial charge in [-0.2, -0.15) is 26.3 Å². The van der Waals surface area contributed by atoms with Gasteiger partial charge in [0, 0.05) is 35.8 Å². The van der Waals surface area contributed by atoms with Crippen molar-refractivity contribution in [3.05, 3.63) is 63.6 Å². The molecule has 0 unspecified atom stereocenters. The number of nitrogens with one attached hydrogen (secondary N) is 2. The fraction of sp³-hybridized carbons (Fsp3) is 0.360. The summed E-state index contributed by atoms with van der Waals surface area (Å²) in [5, 5.41) is 4.68. The van der Waals surface area contributed by atoms with Crippen LogP contribution in [0.3, 0.4) is 0 Å². The van der Waals surface area contributed by atoms with Crippen molar-refractivity contribution in [3.63, 3.8) is 0 Å². The molecule has 3 amide bonds. The molecular formula is C25H22Cl2F6N4O3. The van der Waals surface area contributed by atoms with E-state index >= 15 is 0 Å². The van der Waals surface area contributed by atoms with Crippen LogP contribution in [0, 0.1) is 11.8 Å². The number of nitrogens with zero attached hydrogens (tertiary/aromatic N) is 1. The Kier molecular flexibility index (Phi) is 9.72. The topological polar surface area (TPSA) is 114 Å². The monoisotopic (exact) mass is 610 g/mol. The van der Waals surface area contributed by atoms with Crippen LogP contribution in [0.4, 0.5) is 32.0 Å². The Morgan fingerprint density at radius 1 is 0.950 bits per heavy atom. The summed E-state index contributed by atoms with van der Waals surface area (Å²) in [5.41, 5.74) is 6.18. The number of nitrogens with two attached hydrogens (primary N) is 1. The fourth-order valence-electron chi connectivity index (χ4n) is 4.18. The second-order valence-corrected chi connectivity index (χ2v) is 9.74.